The highest BCUT2D eigenvalue weighted by Gasteiger charge is 2.15. The van der Waals surface area contributed by atoms with Crippen molar-refractivity contribution in [2.45, 2.75) is 24.4 Å². The third-order valence-corrected chi connectivity index (χ3v) is 4.04. The number of hydrogen-bond donors (Lipinski definition) is 2. The summed E-state index contributed by atoms with van der Waals surface area (Å²) in [6.07, 6.45) is 1.98. The Labute approximate surface area is 142 Å². The normalized spacial score (nSPS) is 11.8. The number of carboxylic acids is 1. The average Bonchev–Trinajstić information content (AvgIpc) is 2.56. The molecule has 2 rings (SSSR count). The van der Waals surface area contributed by atoms with Crippen molar-refractivity contribution in [1.82, 2.24) is 15.1 Å². The molecule has 0 aliphatic rings. The van der Waals surface area contributed by atoms with Crippen molar-refractivity contribution in [2.24, 2.45) is 0 Å². The van der Waals surface area contributed by atoms with Gasteiger partial charge in [-0.2, -0.15) is 5.10 Å². The molecule has 2 N–H and O–H groups in total. The molecule has 7 nitrogen and oxygen atoms in total. The molecule has 0 aliphatic heterocycles. The molecule has 24 heavy (non-hydrogen) atoms. The lowest BCUT2D eigenvalue weighted by molar-refractivity contribution is -0.141. The number of hydrogen-bond acceptors (Lipinski definition) is 5. The molecule has 2 aromatic rings. The first-order chi connectivity index (χ1) is 11.4. The van der Waals surface area contributed by atoms with E-state index in [1.165, 1.54) is 13.0 Å². The highest BCUT2D eigenvalue weighted by atomic mass is 32.2. The van der Waals surface area contributed by atoms with Crippen LogP contribution < -0.4 is 10.9 Å². The van der Waals surface area contributed by atoms with Gasteiger partial charge in [0.2, 0.25) is 5.91 Å². The van der Waals surface area contributed by atoms with Gasteiger partial charge in [-0.3, -0.25) is 14.4 Å². The molecule has 0 aliphatic carbocycles. The molecular weight excluding hydrogens is 330 g/mol. The summed E-state index contributed by atoms with van der Waals surface area (Å²) in [5, 5.41) is 15.3. The zero-order valence-electron chi connectivity index (χ0n) is 13.2. The molecule has 8 heteroatoms. The Hall–Kier alpha value is -2.61. The van der Waals surface area contributed by atoms with E-state index in [-0.39, 0.29) is 6.54 Å². The zero-order chi connectivity index (χ0) is 17.7. The number of aromatic nitrogens is 2. The van der Waals surface area contributed by atoms with Crippen LogP contribution in [0.15, 0.2) is 46.1 Å². The molecule has 1 amide bonds. The van der Waals surface area contributed by atoms with Crippen molar-refractivity contribution >= 4 is 23.6 Å². The van der Waals surface area contributed by atoms with Crippen LogP contribution in [0.5, 0.6) is 0 Å². The molecule has 0 saturated heterocycles. The van der Waals surface area contributed by atoms with Gasteiger partial charge in [0, 0.05) is 16.5 Å². The molecule has 0 bridgehead atoms. The number of thioether (sulfide) groups is 1. The lowest BCUT2D eigenvalue weighted by atomic mass is 10.1. The highest BCUT2D eigenvalue weighted by molar-refractivity contribution is 7.98. The van der Waals surface area contributed by atoms with E-state index >= 15 is 0 Å². The van der Waals surface area contributed by atoms with E-state index in [1.54, 1.807) is 17.8 Å². The van der Waals surface area contributed by atoms with Crippen LogP contribution in [0.3, 0.4) is 0 Å². The monoisotopic (exact) mass is 347 g/mol. The third kappa shape index (κ3) is 4.45. The van der Waals surface area contributed by atoms with Gasteiger partial charge < -0.3 is 10.4 Å². The number of carboxylic acid groups (broad SMARTS) is 1. The minimum absolute atomic E-state index is 0.340. The van der Waals surface area contributed by atoms with E-state index < -0.39 is 23.5 Å². The quantitative estimate of drug-likeness (QED) is 0.762. The maximum atomic E-state index is 11.9. The number of benzene rings is 1. The Bertz CT molecular complexity index is 802. The van der Waals surface area contributed by atoms with Gasteiger partial charge in [-0.25, -0.2) is 4.68 Å². The third-order valence-electron chi connectivity index (χ3n) is 3.29. The Balaban J connectivity index is 2.20. The summed E-state index contributed by atoms with van der Waals surface area (Å²) in [5.41, 5.74) is 0.944. The second kappa shape index (κ2) is 7.78. The van der Waals surface area contributed by atoms with E-state index in [2.05, 4.69) is 10.4 Å². The predicted octanol–water partition coefficient (Wildman–Crippen LogP) is 1.22. The smallest absolute Gasteiger partial charge is 0.325 e. The van der Waals surface area contributed by atoms with Crippen LogP contribution in [0.2, 0.25) is 0 Å². The summed E-state index contributed by atoms with van der Waals surface area (Å²) in [7, 11) is 0. The fourth-order valence-electron chi connectivity index (χ4n) is 1.96. The van der Waals surface area contributed by atoms with Gasteiger partial charge in [-0.05, 0) is 31.4 Å². The average molecular weight is 347 g/mol. The Morgan fingerprint density at radius 2 is 1.92 bits per heavy atom. The molecule has 1 atom stereocenters. The van der Waals surface area contributed by atoms with Gasteiger partial charge >= 0.3 is 5.97 Å². The summed E-state index contributed by atoms with van der Waals surface area (Å²) >= 11 is 1.62. The van der Waals surface area contributed by atoms with Crippen LogP contribution in [0.25, 0.3) is 11.3 Å². The number of rotatable bonds is 6. The molecule has 0 fully saturated rings. The predicted molar refractivity (Wildman–Crippen MR) is 91.0 cm³/mol. The minimum Gasteiger partial charge on any atom is -0.480 e. The van der Waals surface area contributed by atoms with E-state index in [0.29, 0.717) is 5.69 Å². The fourth-order valence-corrected chi connectivity index (χ4v) is 2.37. The van der Waals surface area contributed by atoms with Crippen LogP contribution >= 0.6 is 11.8 Å². The number of carbonyl (C=O) groups excluding carboxylic acids is 1. The Morgan fingerprint density at radius 1 is 1.25 bits per heavy atom. The molecule has 1 aromatic carbocycles. The molecule has 1 aromatic heterocycles. The maximum Gasteiger partial charge on any atom is 0.325 e. The summed E-state index contributed by atoms with van der Waals surface area (Å²) in [6, 6.07) is 9.54. The lowest BCUT2D eigenvalue weighted by Gasteiger charge is -2.11. The van der Waals surface area contributed by atoms with Crippen LogP contribution in [-0.2, 0) is 16.1 Å². The standard InChI is InChI=1S/C16H17N3O4S/c1-10(16(22)23)17-14(20)9-19-15(21)8-7-13(18-19)11-3-5-12(24-2)6-4-11/h3-8,10H,9H2,1-2H3,(H,17,20)(H,22,23). The van der Waals surface area contributed by atoms with Crippen molar-refractivity contribution in [3.8, 4) is 11.3 Å². The van der Waals surface area contributed by atoms with Gasteiger partial charge in [0.1, 0.15) is 12.6 Å². The largest absolute Gasteiger partial charge is 0.480 e. The first-order valence-corrected chi connectivity index (χ1v) is 8.38. The van der Waals surface area contributed by atoms with Crippen molar-refractivity contribution < 1.29 is 14.7 Å². The van der Waals surface area contributed by atoms with Gasteiger partial charge in [0.15, 0.2) is 0 Å². The Morgan fingerprint density at radius 3 is 2.50 bits per heavy atom. The number of aliphatic carboxylic acids is 1. The summed E-state index contributed by atoms with van der Waals surface area (Å²) in [6.45, 7) is 1.01. The second-order valence-electron chi connectivity index (χ2n) is 5.07. The van der Waals surface area contributed by atoms with Gasteiger partial charge in [-0.1, -0.05) is 12.1 Å². The zero-order valence-corrected chi connectivity index (χ0v) is 14.0. The second-order valence-corrected chi connectivity index (χ2v) is 5.95. The first kappa shape index (κ1) is 17.7. The van der Waals surface area contributed by atoms with Gasteiger partial charge in [-0.15, -0.1) is 11.8 Å². The van der Waals surface area contributed by atoms with Crippen LogP contribution in [0.1, 0.15) is 6.92 Å². The minimum atomic E-state index is -1.15. The lowest BCUT2D eigenvalue weighted by Crippen LogP contribution is -2.41. The van der Waals surface area contributed by atoms with Crippen LogP contribution in [-0.4, -0.2) is 39.1 Å². The SMILES string of the molecule is CSc1ccc(-c2ccc(=O)n(CC(=O)NC(C)C(=O)O)n2)cc1. The molecule has 0 spiro atoms. The summed E-state index contributed by atoms with van der Waals surface area (Å²) in [4.78, 5) is 35.5. The molecule has 0 radical (unpaired) electrons. The number of amides is 1. The number of nitrogens with one attached hydrogen (secondary N) is 1. The van der Waals surface area contributed by atoms with E-state index in [1.807, 2.05) is 30.5 Å². The molecule has 126 valence electrons. The number of nitrogens with zero attached hydrogens (tertiary/aromatic N) is 2. The fraction of sp³-hybridized carbons (Fsp3) is 0.250. The van der Waals surface area contributed by atoms with Crippen LogP contribution in [0, 0.1) is 0 Å². The Kier molecular flexibility index (Phi) is 5.75. The highest BCUT2D eigenvalue weighted by Crippen LogP contribution is 2.20. The van der Waals surface area contributed by atoms with Gasteiger partial charge in [0.05, 0.1) is 5.69 Å². The van der Waals surface area contributed by atoms with E-state index in [0.717, 1.165) is 15.1 Å². The van der Waals surface area contributed by atoms with Crippen molar-refractivity contribution in [2.75, 3.05) is 6.26 Å². The van der Waals surface area contributed by atoms with Gasteiger partial charge in [0.25, 0.3) is 5.56 Å². The van der Waals surface area contributed by atoms with Crippen molar-refractivity contribution in [1.29, 1.82) is 0 Å². The van der Waals surface area contributed by atoms with Crippen LogP contribution in [0.4, 0.5) is 0 Å². The van der Waals surface area contributed by atoms with Crippen molar-refractivity contribution in [3.05, 3.63) is 46.8 Å². The van der Waals surface area contributed by atoms with E-state index in [4.69, 9.17) is 5.11 Å². The number of carbonyl (C=O) groups is 2. The first-order valence-electron chi connectivity index (χ1n) is 7.15. The summed E-state index contributed by atoms with van der Waals surface area (Å²) in [5.74, 6) is -1.74. The van der Waals surface area contributed by atoms with E-state index in [9.17, 15) is 14.4 Å². The molecule has 1 unspecified atom stereocenters. The summed E-state index contributed by atoms with van der Waals surface area (Å²) < 4.78 is 1.02. The topological polar surface area (TPSA) is 101 Å². The maximum absolute atomic E-state index is 11.9. The van der Waals surface area contributed by atoms with Crippen molar-refractivity contribution in [3.63, 3.8) is 0 Å². The molecule has 0 saturated carbocycles. The molecule has 1 heterocycles. The molecular formula is C16H17N3O4S.